The quantitative estimate of drug-likeness (QED) is 0.806. The molecule has 0 amide bonds. The summed E-state index contributed by atoms with van der Waals surface area (Å²) in [6, 6.07) is 0. The average Bonchev–Trinajstić information content (AvgIpc) is 2.81. The van der Waals surface area contributed by atoms with Crippen molar-refractivity contribution in [3.05, 3.63) is 0 Å². The van der Waals surface area contributed by atoms with Crippen LogP contribution in [0.2, 0.25) is 0 Å². The summed E-state index contributed by atoms with van der Waals surface area (Å²) in [6.45, 7) is 0.931. The first kappa shape index (κ1) is 12.7. The van der Waals surface area contributed by atoms with Gasteiger partial charge >= 0.3 is 0 Å². The summed E-state index contributed by atoms with van der Waals surface area (Å²) in [6.07, 6.45) is 8.40. The van der Waals surface area contributed by atoms with E-state index in [-0.39, 0.29) is 6.10 Å². The highest BCUT2D eigenvalue weighted by atomic mass is 32.2. The molecular weight excluding hydrogens is 220 g/mol. The Hall–Kier alpha value is 0.270. The number of aliphatic hydroxyl groups excluding tert-OH is 1. The summed E-state index contributed by atoms with van der Waals surface area (Å²) in [7, 11) is 0. The summed E-state index contributed by atoms with van der Waals surface area (Å²) in [5, 5.41) is 10.00. The maximum absolute atomic E-state index is 10.00. The smallest absolute Gasteiger partial charge is 0.0577 e. The van der Waals surface area contributed by atoms with Crippen LogP contribution in [0.15, 0.2) is 0 Å². The van der Waals surface area contributed by atoms with E-state index in [2.05, 4.69) is 11.8 Å². The lowest BCUT2D eigenvalue weighted by molar-refractivity contribution is 0.0728. The molecule has 2 rings (SSSR count). The van der Waals surface area contributed by atoms with Crippen molar-refractivity contribution in [2.45, 2.75) is 57.2 Å². The summed E-state index contributed by atoms with van der Waals surface area (Å²) < 4.78 is 5.58. The van der Waals surface area contributed by atoms with Crippen LogP contribution in [0.25, 0.3) is 0 Å². The maximum Gasteiger partial charge on any atom is 0.0577 e. The molecule has 2 nitrogen and oxygen atoms in total. The fourth-order valence-electron chi connectivity index (χ4n) is 2.74. The zero-order valence-corrected chi connectivity index (χ0v) is 10.9. The van der Waals surface area contributed by atoms with Gasteiger partial charge in [-0.1, -0.05) is 0 Å². The van der Waals surface area contributed by atoms with Crippen molar-refractivity contribution in [3.63, 3.8) is 0 Å². The number of aliphatic hydroxyl groups is 1. The van der Waals surface area contributed by atoms with E-state index >= 15 is 0 Å². The van der Waals surface area contributed by atoms with Crippen LogP contribution in [0.1, 0.15) is 44.9 Å². The third-order valence-electron chi connectivity index (χ3n) is 3.79. The van der Waals surface area contributed by atoms with Crippen LogP contribution in [0.4, 0.5) is 0 Å². The molecule has 1 N–H and O–H groups in total. The molecule has 0 radical (unpaired) electrons. The van der Waals surface area contributed by atoms with E-state index in [1.807, 2.05) is 0 Å². The van der Waals surface area contributed by atoms with Gasteiger partial charge in [0.15, 0.2) is 0 Å². The molecule has 2 aliphatic heterocycles. The zero-order chi connectivity index (χ0) is 11.2. The normalized spacial score (nSPS) is 29.4. The van der Waals surface area contributed by atoms with Crippen molar-refractivity contribution in [2.75, 3.05) is 18.1 Å². The minimum absolute atomic E-state index is 0.0858. The molecule has 0 aliphatic carbocycles. The summed E-state index contributed by atoms with van der Waals surface area (Å²) in [5.74, 6) is 3.37. The van der Waals surface area contributed by atoms with Gasteiger partial charge in [-0.25, -0.2) is 0 Å². The first-order valence-corrected chi connectivity index (χ1v) is 7.87. The minimum Gasteiger partial charge on any atom is -0.393 e. The van der Waals surface area contributed by atoms with Crippen LogP contribution in [0.5, 0.6) is 0 Å². The molecule has 2 heterocycles. The van der Waals surface area contributed by atoms with E-state index in [9.17, 15) is 5.11 Å². The molecule has 0 aromatic carbocycles. The zero-order valence-electron chi connectivity index (χ0n) is 10.1. The molecule has 0 spiro atoms. The Morgan fingerprint density at radius 1 is 1.25 bits per heavy atom. The highest BCUT2D eigenvalue weighted by molar-refractivity contribution is 7.99. The second kappa shape index (κ2) is 6.87. The summed E-state index contributed by atoms with van der Waals surface area (Å²) in [5.41, 5.74) is 0. The molecular formula is C13H24O2S. The fraction of sp³-hybridized carbons (Fsp3) is 1.00. The van der Waals surface area contributed by atoms with Gasteiger partial charge in [-0.3, -0.25) is 0 Å². The molecule has 2 fully saturated rings. The number of hydrogen-bond donors (Lipinski definition) is 1. The third kappa shape index (κ3) is 4.27. The molecule has 0 bridgehead atoms. The second-order valence-electron chi connectivity index (χ2n) is 5.16. The maximum atomic E-state index is 10.00. The molecule has 2 saturated heterocycles. The van der Waals surface area contributed by atoms with Crippen LogP contribution in [-0.2, 0) is 4.74 Å². The summed E-state index contributed by atoms with van der Waals surface area (Å²) in [4.78, 5) is 0. The molecule has 0 saturated carbocycles. The van der Waals surface area contributed by atoms with Gasteiger partial charge in [-0.15, -0.1) is 0 Å². The van der Waals surface area contributed by atoms with Gasteiger partial charge in [0.1, 0.15) is 0 Å². The van der Waals surface area contributed by atoms with Gasteiger partial charge in [0.05, 0.1) is 12.2 Å². The topological polar surface area (TPSA) is 29.5 Å². The Labute approximate surface area is 103 Å². The van der Waals surface area contributed by atoms with E-state index in [0.717, 1.165) is 31.8 Å². The van der Waals surface area contributed by atoms with Gasteiger partial charge in [0.25, 0.3) is 0 Å². The van der Waals surface area contributed by atoms with Gasteiger partial charge in [-0.05, 0) is 62.4 Å². The van der Waals surface area contributed by atoms with Crippen molar-refractivity contribution in [2.24, 2.45) is 5.92 Å². The van der Waals surface area contributed by atoms with Gasteiger partial charge in [0, 0.05) is 6.61 Å². The number of thioether (sulfide) groups is 1. The van der Waals surface area contributed by atoms with Crippen molar-refractivity contribution >= 4 is 11.8 Å². The van der Waals surface area contributed by atoms with Gasteiger partial charge in [-0.2, -0.15) is 11.8 Å². The lowest BCUT2D eigenvalue weighted by atomic mass is 9.93. The van der Waals surface area contributed by atoms with E-state index in [4.69, 9.17) is 4.74 Å². The molecule has 2 atom stereocenters. The Bertz CT molecular complexity index is 186. The molecule has 94 valence electrons. The monoisotopic (exact) mass is 244 g/mol. The minimum atomic E-state index is -0.0858. The van der Waals surface area contributed by atoms with E-state index < -0.39 is 0 Å². The lowest BCUT2D eigenvalue weighted by Crippen LogP contribution is -2.19. The molecule has 0 aromatic heterocycles. The fourth-order valence-corrected chi connectivity index (χ4v) is 3.94. The second-order valence-corrected chi connectivity index (χ2v) is 6.38. The number of ether oxygens (including phenoxy) is 1. The molecule has 0 aromatic rings. The highest BCUT2D eigenvalue weighted by Gasteiger charge is 2.20. The van der Waals surface area contributed by atoms with Crippen LogP contribution in [0, 0.1) is 5.92 Å². The van der Waals surface area contributed by atoms with E-state index in [1.165, 1.54) is 37.2 Å². The van der Waals surface area contributed by atoms with Crippen molar-refractivity contribution in [1.82, 2.24) is 0 Å². The van der Waals surface area contributed by atoms with Crippen LogP contribution in [0.3, 0.4) is 0 Å². The average molecular weight is 244 g/mol. The predicted molar refractivity (Wildman–Crippen MR) is 68.9 cm³/mol. The van der Waals surface area contributed by atoms with Crippen LogP contribution >= 0.6 is 11.8 Å². The van der Waals surface area contributed by atoms with Crippen molar-refractivity contribution in [3.8, 4) is 0 Å². The van der Waals surface area contributed by atoms with Gasteiger partial charge < -0.3 is 9.84 Å². The third-order valence-corrected chi connectivity index (χ3v) is 4.84. The van der Waals surface area contributed by atoms with Gasteiger partial charge in [0.2, 0.25) is 0 Å². The molecule has 2 unspecified atom stereocenters. The Morgan fingerprint density at radius 3 is 2.75 bits per heavy atom. The van der Waals surface area contributed by atoms with Crippen molar-refractivity contribution in [1.29, 1.82) is 0 Å². The number of hydrogen-bond acceptors (Lipinski definition) is 3. The van der Waals surface area contributed by atoms with Crippen molar-refractivity contribution < 1.29 is 9.84 Å². The molecule has 2 aliphatic rings. The molecule has 3 heteroatoms. The SMILES string of the molecule is OC(CCC1CCCO1)CC1CCSCC1. The largest absolute Gasteiger partial charge is 0.393 e. The highest BCUT2D eigenvalue weighted by Crippen LogP contribution is 2.28. The Balaban J connectivity index is 1.57. The first-order valence-electron chi connectivity index (χ1n) is 6.72. The predicted octanol–water partition coefficient (Wildman–Crippen LogP) is 2.84. The Morgan fingerprint density at radius 2 is 2.06 bits per heavy atom. The Kier molecular flexibility index (Phi) is 5.46. The standard InChI is InChI=1S/C13H24O2S/c14-12(3-4-13-2-1-7-15-13)10-11-5-8-16-9-6-11/h11-14H,1-10H2. The van der Waals surface area contributed by atoms with Crippen LogP contribution < -0.4 is 0 Å². The molecule has 16 heavy (non-hydrogen) atoms. The number of rotatable bonds is 5. The van der Waals surface area contributed by atoms with E-state index in [0.29, 0.717) is 6.10 Å². The van der Waals surface area contributed by atoms with Crippen LogP contribution in [-0.4, -0.2) is 35.4 Å². The first-order chi connectivity index (χ1) is 7.84. The lowest BCUT2D eigenvalue weighted by Gasteiger charge is -2.24. The van der Waals surface area contributed by atoms with E-state index in [1.54, 1.807) is 0 Å². The summed E-state index contributed by atoms with van der Waals surface area (Å²) >= 11 is 2.06.